The Labute approximate surface area is 97.3 Å². The Hall–Kier alpha value is -0.860. The number of benzene rings is 1. The van der Waals surface area contributed by atoms with Crippen LogP contribution in [0.5, 0.6) is 0 Å². The quantitative estimate of drug-likeness (QED) is 0.845. The highest BCUT2D eigenvalue weighted by molar-refractivity contribution is 5.35. The third kappa shape index (κ3) is 2.13. The van der Waals surface area contributed by atoms with Crippen molar-refractivity contribution in [1.82, 2.24) is 0 Å². The summed E-state index contributed by atoms with van der Waals surface area (Å²) >= 11 is 0. The fourth-order valence-corrected chi connectivity index (χ4v) is 2.18. The van der Waals surface area contributed by atoms with Crippen molar-refractivity contribution < 1.29 is 9.84 Å². The van der Waals surface area contributed by atoms with Crippen LogP contribution in [0.2, 0.25) is 0 Å². The number of methoxy groups -OCH3 is 1. The highest BCUT2D eigenvalue weighted by atomic mass is 16.5. The summed E-state index contributed by atoms with van der Waals surface area (Å²) in [6.45, 7) is 4.42. The third-order valence-electron chi connectivity index (χ3n) is 3.48. The Morgan fingerprint density at radius 1 is 1.25 bits per heavy atom. The van der Waals surface area contributed by atoms with E-state index in [1.807, 2.05) is 26.0 Å². The number of hydrogen-bond donors (Lipinski definition) is 1. The molecule has 1 saturated carbocycles. The Morgan fingerprint density at radius 2 is 1.81 bits per heavy atom. The van der Waals surface area contributed by atoms with E-state index in [-0.39, 0.29) is 5.41 Å². The maximum atomic E-state index is 9.88. The molecule has 2 nitrogen and oxygen atoms in total. The molecule has 0 radical (unpaired) electrons. The van der Waals surface area contributed by atoms with Crippen LogP contribution >= 0.6 is 0 Å². The Kier molecular flexibility index (Phi) is 2.81. The molecule has 1 aliphatic rings. The molecule has 0 unspecified atom stereocenters. The summed E-state index contributed by atoms with van der Waals surface area (Å²) in [4.78, 5) is 0. The highest BCUT2D eigenvalue weighted by Gasteiger charge is 2.44. The normalized spacial score (nSPS) is 18.5. The Bertz CT molecular complexity index is 355. The molecular weight excluding hydrogens is 200 g/mol. The Balaban J connectivity index is 2.20. The maximum absolute atomic E-state index is 9.88. The van der Waals surface area contributed by atoms with Gasteiger partial charge in [-0.05, 0) is 37.8 Å². The molecule has 2 heteroatoms. The van der Waals surface area contributed by atoms with Gasteiger partial charge in [-0.25, -0.2) is 0 Å². The van der Waals surface area contributed by atoms with E-state index in [4.69, 9.17) is 4.74 Å². The van der Waals surface area contributed by atoms with Crippen LogP contribution in [0.25, 0.3) is 0 Å². The second kappa shape index (κ2) is 3.86. The summed E-state index contributed by atoms with van der Waals surface area (Å²) in [7, 11) is 1.76. The zero-order valence-corrected chi connectivity index (χ0v) is 10.3. The number of aliphatic hydroxyl groups is 1. The van der Waals surface area contributed by atoms with E-state index >= 15 is 0 Å². The zero-order valence-electron chi connectivity index (χ0n) is 10.3. The summed E-state index contributed by atoms with van der Waals surface area (Å²) < 4.78 is 5.27. The van der Waals surface area contributed by atoms with Crippen LogP contribution in [-0.4, -0.2) is 18.8 Å². The molecule has 0 amide bonds. The molecule has 88 valence electrons. The van der Waals surface area contributed by atoms with Crippen LogP contribution in [0.4, 0.5) is 0 Å². The van der Waals surface area contributed by atoms with E-state index in [0.717, 1.165) is 12.2 Å². The van der Waals surface area contributed by atoms with Crippen LogP contribution in [0.1, 0.15) is 37.8 Å². The van der Waals surface area contributed by atoms with Crippen molar-refractivity contribution in [2.24, 2.45) is 0 Å². The van der Waals surface area contributed by atoms with Gasteiger partial charge in [0.1, 0.15) is 0 Å². The van der Waals surface area contributed by atoms with Gasteiger partial charge in [0.25, 0.3) is 0 Å². The van der Waals surface area contributed by atoms with Crippen molar-refractivity contribution in [2.45, 2.75) is 37.7 Å². The van der Waals surface area contributed by atoms with E-state index in [9.17, 15) is 5.11 Å². The van der Waals surface area contributed by atoms with Gasteiger partial charge in [0.05, 0.1) is 12.2 Å². The number of rotatable bonds is 4. The van der Waals surface area contributed by atoms with Crippen LogP contribution in [-0.2, 0) is 15.8 Å². The summed E-state index contributed by atoms with van der Waals surface area (Å²) in [6, 6.07) is 8.29. The molecular formula is C14H20O2. The van der Waals surface area contributed by atoms with Gasteiger partial charge in [-0.3, -0.25) is 0 Å². The molecule has 1 aromatic carbocycles. The van der Waals surface area contributed by atoms with Crippen LogP contribution in [0, 0.1) is 0 Å². The van der Waals surface area contributed by atoms with E-state index in [2.05, 4.69) is 12.1 Å². The first-order valence-electron chi connectivity index (χ1n) is 5.80. The Morgan fingerprint density at radius 3 is 2.19 bits per heavy atom. The minimum absolute atomic E-state index is 0.257. The molecule has 1 fully saturated rings. The number of ether oxygens (including phenoxy) is 1. The van der Waals surface area contributed by atoms with E-state index in [1.165, 1.54) is 18.4 Å². The molecule has 0 spiro atoms. The first kappa shape index (κ1) is 11.6. The second-order valence-corrected chi connectivity index (χ2v) is 5.35. The molecule has 0 aliphatic heterocycles. The zero-order chi connectivity index (χ0) is 11.8. The van der Waals surface area contributed by atoms with Crippen molar-refractivity contribution in [3.05, 3.63) is 35.4 Å². The van der Waals surface area contributed by atoms with Gasteiger partial charge in [-0.2, -0.15) is 0 Å². The van der Waals surface area contributed by atoms with Crippen LogP contribution in [0.3, 0.4) is 0 Å². The van der Waals surface area contributed by atoms with Gasteiger partial charge in [-0.15, -0.1) is 0 Å². The smallest absolute Gasteiger partial charge is 0.0840 e. The summed E-state index contributed by atoms with van der Waals surface area (Å²) in [5.41, 5.74) is 1.80. The van der Waals surface area contributed by atoms with Gasteiger partial charge in [0, 0.05) is 12.5 Å². The van der Waals surface area contributed by atoms with Crippen molar-refractivity contribution in [3.8, 4) is 0 Å². The topological polar surface area (TPSA) is 29.5 Å². The van der Waals surface area contributed by atoms with Crippen molar-refractivity contribution in [3.63, 3.8) is 0 Å². The van der Waals surface area contributed by atoms with Gasteiger partial charge >= 0.3 is 0 Å². The van der Waals surface area contributed by atoms with Crippen LogP contribution < -0.4 is 0 Å². The molecule has 2 rings (SSSR count). The molecule has 0 aromatic heterocycles. The lowest BCUT2D eigenvalue weighted by Gasteiger charge is -2.20. The fourth-order valence-electron chi connectivity index (χ4n) is 2.18. The highest BCUT2D eigenvalue weighted by Crippen LogP contribution is 2.48. The predicted octanol–water partition coefficient (Wildman–Crippen LogP) is 2.59. The maximum Gasteiger partial charge on any atom is 0.0840 e. The lowest BCUT2D eigenvalue weighted by Crippen LogP contribution is -2.17. The lowest BCUT2D eigenvalue weighted by atomic mass is 9.92. The van der Waals surface area contributed by atoms with Crippen molar-refractivity contribution >= 4 is 0 Å². The largest absolute Gasteiger partial charge is 0.386 e. The van der Waals surface area contributed by atoms with E-state index < -0.39 is 5.60 Å². The van der Waals surface area contributed by atoms with E-state index in [0.29, 0.717) is 0 Å². The SMILES string of the molecule is COCC1(c2ccc(C(C)(C)O)cc2)CC1. The van der Waals surface area contributed by atoms with Gasteiger partial charge in [0.15, 0.2) is 0 Å². The molecule has 0 atom stereocenters. The summed E-state index contributed by atoms with van der Waals surface area (Å²) in [6.07, 6.45) is 2.42. The lowest BCUT2D eigenvalue weighted by molar-refractivity contribution is 0.0785. The molecule has 1 aliphatic carbocycles. The van der Waals surface area contributed by atoms with Crippen LogP contribution in [0.15, 0.2) is 24.3 Å². The molecule has 0 bridgehead atoms. The molecule has 0 heterocycles. The minimum Gasteiger partial charge on any atom is -0.386 e. The molecule has 16 heavy (non-hydrogen) atoms. The van der Waals surface area contributed by atoms with E-state index in [1.54, 1.807) is 7.11 Å². The first-order valence-corrected chi connectivity index (χ1v) is 5.80. The van der Waals surface area contributed by atoms with Crippen molar-refractivity contribution in [1.29, 1.82) is 0 Å². The third-order valence-corrected chi connectivity index (χ3v) is 3.48. The summed E-state index contributed by atoms with van der Waals surface area (Å²) in [5, 5.41) is 9.88. The second-order valence-electron chi connectivity index (χ2n) is 5.35. The molecule has 0 saturated heterocycles. The van der Waals surface area contributed by atoms with Crippen molar-refractivity contribution in [2.75, 3.05) is 13.7 Å². The first-order chi connectivity index (χ1) is 7.48. The molecule has 1 N–H and O–H groups in total. The summed E-state index contributed by atoms with van der Waals surface area (Å²) in [5.74, 6) is 0. The monoisotopic (exact) mass is 220 g/mol. The minimum atomic E-state index is -0.753. The average Bonchev–Trinajstić information content (AvgIpc) is 2.99. The predicted molar refractivity (Wildman–Crippen MR) is 64.5 cm³/mol. The number of hydrogen-bond acceptors (Lipinski definition) is 2. The van der Waals surface area contributed by atoms with Gasteiger partial charge in [-0.1, -0.05) is 24.3 Å². The average molecular weight is 220 g/mol. The molecule has 1 aromatic rings. The standard InChI is InChI=1S/C14H20O2/c1-13(2,15)11-4-6-12(7-5-11)14(8-9-14)10-16-3/h4-7,15H,8-10H2,1-3H3. The fraction of sp³-hybridized carbons (Fsp3) is 0.571. The van der Waals surface area contributed by atoms with Gasteiger partial charge < -0.3 is 9.84 Å². The van der Waals surface area contributed by atoms with Gasteiger partial charge in [0.2, 0.25) is 0 Å².